The van der Waals surface area contributed by atoms with Crippen molar-refractivity contribution in [1.29, 1.82) is 0 Å². The highest BCUT2D eigenvalue weighted by molar-refractivity contribution is 9.10. The van der Waals surface area contributed by atoms with E-state index in [0.717, 1.165) is 50.6 Å². The zero-order valence-corrected chi connectivity index (χ0v) is 59.3. The molecule has 0 bridgehead atoms. The number of hydrogen-bond donors (Lipinski definition) is 0. The minimum atomic E-state index is -0.485. The molecule has 3 nitrogen and oxygen atoms in total. The summed E-state index contributed by atoms with van der Waals surface area (Å²) >= 11 is 4.57. The normalized spacial score (nSPS) is 20.0. The topological polar surface area (TPSA) is 21.7 Å². The first-order valence-electron chi connectivity index (χ1n) is 40.8. The molecule has 1 fully saturated rings. The molecule has 0 amide bonds. The lowest BCUT2D eigenvalue weighted by molar-refractivity contribution is 0.216. The molecule has 1 aliphatic heterocycles. The maximum absolute atomic E-state index is 7.11. The maximum Gasteiger partial charge on any atom is 0.123 e. The highest BCUT2D eigenvalue weighted by Gasteiger charge is 2.76. The Morgan fingerprint density at radius 2 is 0.544 bits per heavy atom. The first kappa shape index (κ1) is 50.4. The highest BCUT2D eigenvalue weighted by Crippen LogP contribution is 2.87. The van der Waals surface area contributed by atoms with Crippen LogP contribution in [0.25, 0.3) is 291 Å². The molecule has 0 saturated carbocycles. The zero-order chi connectivity index (χ0) is 64.9. The summed E-state index contributed by atoms with van der Waals surface area (Å²) in [5.74, 6) is 1.96. The fraction of sp³-hybridized carbons (Fsp3) is 0.293. The molecule has 0 radical (unpaired) electrons. The molecule has 1 atom stereocenters. The van der Waals surface area contributed by atoms with E-state index < -0.39 is 10.8 Å². The lowest BCUT2D eigenvalue weighted by Crippen LogP contribution is -2.52. The number of hydrogen-bond acceptors (Lipinski definition) is 3. The molecule has 35 rings (SSSR count). The van der Waals surface area contributed by atoms with Crippen LogP contribution >= 0.6 is 15.9 Å². The first-order chi connectivity index (χ1) is 51.2. The van der Waals surface area contributed by atoms with Crippen molar-refractivity contribution in [3.8, 4) is 11.5 Å². The molecular formula is C99H62BrNO2. The van der Waals surface area contributed by atoms with Crippen molar-refractivity contribution in [2.45, 2.75) is 166 Å². The number of likely N-dealkylation sites (tertiary alicyclic amines) is 1. The van der Waals surface area contributed by atoms with Crippen molar-refractivity contribution in [3.63, 3.8) is 0 Å². The van der Waals surface area contributed by atoms with Gasteiger partial charge in [0.15, 0.2) is 0 Å². The molecule has 482 valence electrons. The molecule has 4 aliphatic carbocycles. The molecule has 4 heteroatoms. The van der Waals surface area contributed by atoms with Crippen molar-refractivity contribution in [3.05, 3.63) is 80.3 Å². The molecule has 30 aromatic carbocycles. The molecule has 2 spiro atoms. The summed E-state index contributed by atoms with van der Waals surface area (Å²) in [7, 11) is 0. The van der Waals surface area contributed by atoms with Crippen LogP contribution in [0.2, 0.25) is 0 Å². The second-order valence-electron chi connectivity index (χ2n) is 36.2. The molecule has 5 aliphatic rings. The number of benzene rings is 20. The van der Waals surface area contributed by atoms with E-state index in [0.29, 0.717) is 0 Å². The highest BCUT2D eigenvalue weighted by atomic mass is 79.9. The average molecular weight is 1380 g/mol. The molecule has 30 aromatic rings. The third-order valence-corrected chi connectivity index (χ3v) is 33.6. The first-order valence-corrected chi connectivity index (χ1v) is 41.6. The number of nitrogens with zero attached hydrogens (tertiary/aromatic N) is 1. The van der Waals surface area contributed by atoms with Crippen LogP contribution in [0.1, 0.15) is 182 Å². The molecule has 103 heavy (non-hydrogen) atoms. The van der Waals surface area contributed by atoms with Gasteiger partial charge in [-0.15, -0.1) is 0 Å². The van der Waals surface area contributed by atoms with Gasteiger partial charge >= 0.3 is 0 Å². The molecule has 0 N–H and O–H groups in total. The minimum Gasteiger partial charge on any atom is -0.493 e. The Labute approximate surface area is 594 Å². The second kappa shape index (κ2) is 14.7. The lowest BCUT2D eigenvalue weighted by Gasteiger charge is -2.52. The molecule has 1 heterocycles. The zero-order valence-electron chi connectivity index (χ0n) is 57.7. The van der Waals surface area contributed by atoms with Crippen molar-refractivity contribution in [2.75, 3.05) is 19.8 Å². The summed E-state index contributed by atoms with van der Waals surface area (Å²) < 4.78 is 15.5. The van der Waals surface area contributed by atoms with Crippen LogP contribution in [0.5, 0.6) is 11.5 Å². The monoisotopic (exact) mass is 1380 g/mol. The smallest absolute Gasteiger partial charge is 0.123 e. The van der Waals surface area contributed by atoms with Crippen LogP contribution < -0.4 is 9.47 Å². The fourth-order valence-corrected chi connectivity index (χ4v) is 31.4. The summed E-state index contributed by atoms with van der Waals surface area (Å²) in [4.78, 5) is 3.14. The van der Waals surface area contributed by atoms with Crippen molar-refractivity contribution >= 4 is 307 Å². The van der Waals surface area contributed by atoms with Gasteiger partial charge in [0.2, 0.25) is 0 Å². The van der Waals surface area contributed by atoms with E-state index in [1.807, 2.05) is 0 Å². The largest absolute Gasteiger partial charge is 0.493 e. The molecular weight excluding hydrogens is 1310 g/mol. The Kier molecular flexibility index (Phi) is 7.20. The molecule has 1 unspecified atom stereocenters. The standard InChI is InChI=1S/C99H62BrNO2/c1-3-5-7-9-11-13-15-17-19-23-27-102-35-29-34(30-36(31-35)103-28-24-20-18-16-14-12-10-8-6-4-2)32-101-33-98-93-85-77-67-57-49-41-39-40-43-47-45(41)53-61-55(47)65-59-51(43)52-44(40)48-46-42(39)50(49)58-64-54(46)62-56(48)66-60(52)70-69(59)81-75(65)83-73(61)79(71(77)63(53)57)87(93)89(83)95-91(81)92-82(70)76(66)84-74(62)80-72(64)78(68(58)67)86(85)94(98)88(80)90(84)96(92)99(95,98)97(101)37-25-21-22-26-38(37)100/h21-22,25-26,29-31,97H,3-20,23-24,27-28,32-33H2,1-2H3. The van der Waals surface area contributed by atoms with Gasteiger partial charge in [0, 0.05) is 23.6 Å². The number of rotatable bonds is 27. The van der Waals surface area contributed by atoms with Gasteiger partial charge in [-0.25, -0.2) is 0 Å². The fourth-order valence-electron chi connectivity index (χ4n) is 30.9. The van der Waals surface area contributed by atoms with Crippen LogP contribution in [0, 0.1) is 0 Å². The second-order valence-corrected chi connectivity index (χ2v) is 37.0. The SMILES string of the molecule is CCCCCCCCCCCCOc1cc(CN2CC34c5c6c7c8c9c%10c(c%11c%12c3c3c5c5c%13c6c6c7c7c9c9c%14c%10c%10c%11c%11c%12c%12c3c3c5c5c%13c%13c6c6c7c9c7c9c%14c%10c%10c%11c%11c%12c3c3c5c5c%13c6c7c6c9c%10c%11c3c56)C84C2c2ccccc2Br)cc(OCCCCCCCCCCCC)c1. The number of unbranched alkanes of at least 4 members (excludes halogenated alkanes) is 18. The summed E-state index contributed by atoms with van der Waals surface area (Å²) in [6.45, 7) is 7.87. The van der Waals surface area contributed by atoms with Gasteiger partial charge in [0.25, 0.3) is 0 Å². The Bertz CT molecular complexity index is 8230. The van der Waals surface area contributed by atoms with E-state index in [1.54, 1.807) is 313 Å². The van der Waals surface area contributed by atoms with E-state index in [9.17, 15) is 0 Å². The third-order valence-electron chi connectivity index (χ3n) is 32.8. The van der Waals surface area contributed by atoms with Gasteiger partial charge in [-0.2, -0.15) is 0 Å². The van der Waals surface area contributed by atoms with Gasteiger partial charge in [-0.1, -0.05) is 164 Å². The Balaban J connectivity index is 0.688. The third kappa shape index (κ3) is 4.04. The summed E-state index contributed by atoms with van der Waals surface area (Å²) in [5, 5.41) is 89.5. The van der Waals surface area contributed by atoms with Gasteiger partial charge in [0.05, 0.1) is 30.1 Å². The van der Waals surface area contributed by atoms with Crippen molar-refractivity contribution in [1.82, 2.24) is 4.90 Å². The van der Waals surface area contributed by atoms with Crippen molar-refractivity contribution in [2.24, 2.45) is 0 Å². The van der Waals surface area contributed by atoms with Gasteiger partial charge in [-0.05, 0) is 355 Å². The van der Waals surface area contributed by atoms with Crippen molar-refractivity contribution < 1.29 is 9.47 Å². The van der Waals surface area contributed by atoms with Gasteiger partial charge in [0.1, 0.15) is 11.5 Å². The maximum atomic E-state index is 7.11. The quantitative estimate of drug-likeness (QED) is 0.0378. The lowest BCUT2D eigenvalue weighted by atomic mass is 9.47. The average Bonchev–Trinajstić information content (AvgIpc) is 1.38. The molecule has 0 aromatic heterocycles. The van der Waals surface area contributed by atoms with Crippen LogP contribution in [0.3, 0.4) is 0 Å². The Hall–Kier alpha value is -9.06. The van der Waals surface area contributed by atoms with E-state index in [-0.39, 0.29) is 6.04 Å². The predicted octanol–water partition coefficient (Wildman–Crippen LogP) is 28.9. The summed E-state index contributed by atoms with van der Waals surface area (Å²) in [6.07, 6.45) is 26.3. The predicted molar refractivity (Wildman–Crippen MR) is 442 cm³/mol. The summed E-state index contributed by atoms with van der Waals surface area (Å²) in [6, 6.07) is 16.9. The van der Waals surface area contributed by atoms with Crippen LogP contribution in [-0.2, 0) is 17.4 Å². The van der Waals surface area contributed by atoms with Crippen LogP contribution in [0.4, 0.5) is 0 Å². The minimum absolute atomic E-state index is 0.0222. The Morgan fingerprint density at radius 3 is 0.816 bits per heavy atom. The number of halogens is 1. The van der Waals surface area contributed by atoms with Gasteiger partial charge < -0.3 is 9.47 Å². The Morgan fingerprint density at radius 1 is 0.301 bits per heavy atom. The van der Waals surface area contributed by atoms with E-state index >= 15 is 0 Å². The molecule has 1 saturated heterocycles. The van der Waals surface area contributed by atoms with Crippen LogP contribution in [0.15, 0.2) is 46.9 Å². The van der Waals surface area contributed by atoms with E-state index in [2.05, 4.69) is 77.1 Å². The van der Waals surface area contributed by atoms with E-state index in [1.165, 1.54) is 131 Å². The van der Waals surface area contributed by atoms with E-state index in [4.69, 9.17) is 9.47 Å². The number of ether oxygens (including phenoxy) is 2. The van der Waals surface area contributed by atoms with Crippen LogP contribution in [-0.4, -0.2) is 24.7 Å². The summed E-state index contributed by atoms with van der Waals surface area (Å²) in [5.41, 5.74) is 8.83. The van der Waals surface area contributed by atoms with Gasteiger partial charge in [-0.3, -0.25) is 4.90 Å².